The smallest absolute Gasteiger partial charge is 0.330 e. The predicted octanol–water partition coefficient (Wildman–Crippen LogP) is 2.66. The van der Waals surface area contributed by atoms with Gasteiger partial charge in [-0.25, -0.2) is 17.9 Å². The van der Waals surface area contributed by atoms with Crippen LogP contribution in [0.3, 0.4) is 0 Å². The molecule has 0 bridgehead atoms. The fraction of sp³-hybridized carbons (Fsp3) is 0.471. The van der Waals surface area contributed by atoms with Crippen molar-refractivity contribution in [1.29, 1.82) is 0 Å². The third-order valence-electron chi connectivity index (χ3n) is 3.68. The Morgan fingerprint density at radius 1 is 1.17 bits per heavy atom. The molecule has 6 heteroatoms. The molecule has 0 aliphatic carbocycles. The minimum Gasteiger partial charge on any atom is -0.466 e. The van der Waals surface area contributed by atoms with Crippen LogP contribution in [0.1, 0.15) is 26.3 Å². The van der Waals surface area contributed by atoms with Gasteiger partial charge >= 0.3 is 5.97 Å². The highest BCUT2D eigenvalue weighted by Crippen LogP contribution is 2.20. The minimum atomic E-state index is -3.60. The molecule has 0 aliphatic rings. The van der Waals surface area contributed by atoms with E-state index in [-0.39, 0.29) is 22.8 Å². The van der Waals surface area contributed by atoms with Crippen LogP contribution < -0.4 is 4.72 Å². The molecule has 0 saturated heterocycles. The first-order valence-corrected chi connectivity index (χ1v) is 9.01. The van der Waals surface area contributed by atoms with E-state index in [0.29, 0.717) is 0 Å². The number of hydrogen-bond donors (Lipinski definition) is 1. The Hall–Kier alpha value is -1.66. The van der Waals surface area contributed by atoms with E-state index in [0.717, 1.165) is 5.56 Å². The van der Waals surface area contributed by atoms with E-state index in [1.165, 1.54) is 13.2 Å². The molecule has 1 aromatic carbocycles. The Bertz CT molecular complexity index is 648. The number of rotatable bonds is 7. The third-order valence-corrected chi connectivity index (χ3v) is 5.25. The SMILES string of the molecule is COC(=O)/C=C\[C@H](C(C)C)[C@H](C)NS(=O)(=O)c1ccc(C)cc1. The summed E-state index contributed by atoms with van der Waals surface area (Å²) in [6.45, 7) is 7.64. The molecule has 0 saturated carbocycles. The van der Waals surface area contributed by atoms with Crippen LogP contribution in [0.25, 0.3) is 0 Å². The molecule has 0 aromatic heterocycles. The fourth-order valence-electron chi connectivity index (χ4n) is 2.33. The molecular formula is C17H25NO4S. The predicted molar refractivity (Wildman–Crippen MR) is 90.4 cm³/mol. The molecule has 0 heterocycles. The molecule has 1 rings (SSSR count). The number of sulfonamides is 1. The highest BCUT2D eigenvalue weighted by Gasteiger charge is 2.24. The van der Waals surface area contributed by atoms with Crippen LogP contribution in [0.4, 0.5) is 0 Å². The van der Waals surface area contributed by atoms with Crippen LogP contribution in [0.15, 0.2) is 41.3 Å². The van der Waals surface area contributed by atoms with Crippen molar-refractivity contribution in [3.05, 3.63) is 42.0 Å². The van der Waals surface area contributed by atoms with Gasteiger partial charge in [0.2, 0.25) is 10.0 Å². The maximum atomic E-state index is 12.4. The van der Waals surface area contributed by atoms with Gasteiger partial charge in [-0.1, -0.05) is 37.6 Å². The summed E-state index contributed by atoms with van der Waals surface area (Å²) in [7, 11) is -2.29. The molecule has 0 fully saturated rings. The first-order valence-electron chi connectivity index (χ1n) is 7.52. The third kappa shape index (κ3) is 5.80. The number of carbonyl (C=O) groups excluding carboxylic acids is 1. The first-order chi connectivity index (χ1) is 10.7. The Labute approximate surface area is 138 Å². The summed E-state index contributed by atoms with van der Waals surface area (Å²) in [5.74, 6) is -0.426. The lowest BCUT2D eigenvalue weighted by atomic mass is 9.89. The van der Waals surface area contributed by atoms with E-state index in [2.05, 4.69) is 9.46 Å². The monoisotopic (exact) mass is 339 g/mol. The minimum absolute atomic E-state index is 0.130. The molecular weight excluding hydrogens is 314 g/mol. The van der Waals surface area contributed by atoms with E-state index in [1.807, 2.05) is 20.8 Å². The molecule has 1 N–H and O–H groups in total. The van der Waals surface area contributed by atoms with Crippen LogP contribution in [-0.2, 0) is 19.6 Å². The summed E-state index contributed by atoms with van der Waals surface area (Å²) in [4.78, 5) is 11.5. The summed E-state index contributed by atoms with van der Waals surface area (Å²) in [6.07, 6.45) is 3.03. The number of hydrogen-bond acceptors (Lipinski definition) is 4. The lowest BCUT2D eigenvalue weighted by molar-refractivity contribution is -0.134. The lowest BCUT2D eigenvalue weighted by Gasteiger charge is -2.25. The fourth-order valence-corrected chi connectivity index (χ4v) is 3.61. The number of esters is 1. The number of methoxy groups -OCH3 is 1. The van der Waals surface area contributed by atoms with E-state index >= 15 is 0 Å². The summed E-state index contributed by atoms with van der Waals surface area (Å²) >= 11 is 0. The van der Waals surface area contributed by atoms with Crippen molar-refractivity contribution in [3.63, 3.8) is 0 Å². The van der Waals surface area contributed by atoms with Crippen molar-refractivity contribution < 1.29 is 17.9 Å². The van der Waals surface area contributed by atoms with Gasteiger partial charge in [-0.3, -0.25) is 0 Å². The van der Waals surface area contributed by atoms with E-state index in [9.17, 15) is 13.2 Å². The summed E-state index contributed by atoms with van der Waals surface area (Å²) in [6, 6.07) is 6.33. The Morgan fingerprint density at radius 3 is 2.22 bits per heavy atom. The Balaban J connectivity index is 2.93. The second kappa shape index (κ2) is 8.26. The molecule has 0 unspecified atom stereocenters. The number of carbonyl (C=O) groups is 1. The zero-order valence-corrected chi connectivity index (χ0v) is 15.1. The van der Waals surface area contributed by atoms with Crippen LogP contribution >= 0.6 is 0 Å². The topological polar surface area (TPSA) is 72.5 Å². The van der Waals surface area contributed by atoms with Gasteiger partial charge in [0.05, 0.1) is 12.0 Å². The van der Waals surface area contributed by atoms with Gasteiger partial charge in [0.1, 0.15) is 0 Å². The highest BCUT2D eigenvalue weighted by atomic mass is 32.2. The van der Waals surface area contributed by atoms with E-state index in [1.54, 1.807) is 37.3 Å². The van der Waals surface area contributed by atoms with Gasteiger partial charge in [-0.2, -0.15) is 0 Å². The molecule has 23 heavy (non-hydrogen) atoms. The van der Waals surface area contributed by atoms with Crippen molar-refractivity contribution in [2.75, 3.05) is 7.11 Å². The highest BCUT2D eigenvalue weighted by molar-refractivity contribution is 7.89. The van der Waals surface area contributed by atoms with Gasteiger partial charge in [0.25, 0.3) is 0 Å². The van der Waals surface area contributed by atoms with Crippen LogP contribution in [0.5, 0.6) is 0 Å². The second-order valence-corrected chi connectivity index (χ2v) is 7.64. The average molecular weight is 339 g/mol. The van der Waals surface area contributed by atoms with Gasteiger partial charge in [0, 0.05) is 12.1 Å². The normalized spacial score (nSPS) is 14.9. The lowest BCUT2D eigenvalue weighted by Crippen LogP contribution is -2.39. The zero-order valence-electron chi connectivity index (χ0n) is 14.2. The Kier molecular flexibility index (Phi) is 6.97. The van der Waals surface area contributed by atoms with Crippen molar-refractivity contribution >= 4 is 16.0 Å². The molecule has 0 radical (unpaired) electrons. The molecule has 0 amide bonds. The van der Waals surface area contributed by atoms with Crippen molar-refractivity contribution in [1.82, 2.24) is 4.72 Å². The average Bonchev–Trinajstić information content (AvgIpc) is 2.46. The zero-order chi connectivity index (χ0) is 17.6. The van der Waals surface area contributed by atoms with Gasteiger partial charge in [-0.15, -0.1) is 0 Å². The number of ether oxygens (including phenoxy) is 1. The van der Waals surface area contributed by atoms with Crippen LogP contribution in [-0.4, -0.2) is 27.5 Å². The molecule has 128 valence electrons. The summed E-state index contributed by atoms with van der Waals surface area (Å²) in [5, 5.41) is 0. The standard InChI is InChI=1S/C17H25NO4S/c1-12(2)16(10-11-17(19)22-5)14(4)18-23(20,21)15-8-6-13(3)7-9-15/h6-12,14,16,18H,1-5H3/b11-10-/t14-,16+/m0/s1. The summed E-state index contributed by atoms with van der Waals surface area (Å²) in [5.41, 5.74) is 0.998. The van der Waals surface area contributed by atoms with Crippen LogP contribution in [0, 0.1) is 18.8 Å². The van der Waals surface area contributed by atoms with Crippen molar-refractivity contribution in [2.24, 2.45) is 11.8 Å². The van der Waals surface area contributed by atoms with Gasteiger partial charge in [-0.05, 0) is 37.8 Å². The van der Waals surface area contributed by atoms with Crippen molar-refractivity contribution in [3.8, 4) is 0 Å². The van der Waals surface area contributed by atoms with Gasteiger partial charge < -0.3 is 4.74 Å². The molecule has 1 aromatic rings. The number of benzene rings is 1. The van der Waals surface area contributed by atoms with E-state index in [4.69, 9.17) is 0 Å². The number of aryl methyl sites for hydroxylation is 1. The van der Waals surface area contributed by atoms with E-state index < -0.39 is 16.0 Å². The quantitative estimate of drug-likeness (QED) is 0.612. The number of nitrogens with one attached hydrogen (secondary N) is 1. The molecule has 0 aliphatic heterocycles. The molecule has 5 nitrogen and oxygen atoms in total. The maximum absolute atomic E-state index is 12.4. The second-order valence-electron chi connectivity index (χ2n) is 5.93. The molecule has 2 atom stereocenters. The van der Waals surface area contributed by atoms with Crippen molar-refractivity contribution in [2.45, 2.75) is 38.6 Å². The summed E-state index contributed by atoms with van der Waals surface area (Å²) < 4.78 is 32.2. The Morgan fingerprint density at radius 2 is 1.74 bits per heavy atom. The maximum Gasteiger partial charge on any atom is 0.330 e. The van der Waals surface area contributed by atoms with Gasteiger partial charge in [0.15, 0.2) is 0 Å². The largest absolute Gasteiger partial charge is 0.466 e. The molecule has 0 spiro atoms. The first kappa shape index (κ1) is 19.4. The van der Waals surface area contributed by atoms with Crippen LogP contribution in [0.2, 0.25) is 0 Å².